The Kier molecular flexibility index (Phi) is 5.31. The molecule has 10 heteroatoms. The van der Waals surface area contributed by atoms with E-state index in [0.717, 1.165) is 24.0 Å². The fraction of sp³-hybridized carbons (Fsp3) is 0.500. The first-order valence-corrected chi connectivity index (χ1v) is 11.6. The Hall–Kier alpha value is -2.46. The van der Waals surface area contributed by atoms with Gasteiger partial charge in [-0.3, -0.25) is 4.68 Å². The number of benzene rings is 1. The first-order valence-electron chi connectivity index (χ1n) is 10.1. The Morgan fingerprint density at radius 1 is 1.17 bits per heavy atom. The van der Waals surface area contributed by atoms with E-state index < -0.39 is 16.1 Å². The topological polar surface area (TPSA) is 113 Å². The minimum atomic E-state index is -4.24. The number of halogens is 1. The van der Waals surface area contributed by atoms with Crippen molar-refractivity contribution in [1.82, 2.24) is 14.5 Å². The van der Waals surface area contributed by atoms with E-state index in [1.54, 1.807) is 13.8 Å². The van der Waals surface area contributed by atoms with Gasteiger partial charge in [0.2, 0.25) is 0 Å². The van der Waals surface area contributed by atoms with E-state index >= 15 is 0 Å². The minimum Gasteiger partial charge on any atom is -0.390 e. The van der Waals surface area contributed by atoms with Crippen LogP contribution in [0.25, 0.3) is 0 Å². The molecule has 3 N–H and O–H groups in total. The molecule has 0 saturated heterocycles. The lowest BCUT2D eigenvalue weighted by Crippen LogP contribution is -2.35. The van der Waals surface area contributed by atoms with Crippen LogP contribution in [0, 0.1) is 5.82 Å². The summed E-state index contributed by atoms with van der Waals surface area (Å²) in [5.74, 6) is -0.163. The van der Waals surface area contributed by atoms with Crippen molar-refractivity contribution in [1.29, 1.82) is 0 Å². The fourth-order valence-corrected chi connectivity index (χ4v) is 5.34. The summed E-state index contributed by atoms with van der Waals surface area (Å²) in [4.78, 5) is 12.6. The Morgan fingerprint density at radius 3 is 2.23 bits per heavy atom. The van der Waals surface area contributed by atoms with Gasteiger partial charge in [-0.1, -0.05) is 0 Å². The van der Waals surface area contributed by atoms with Crippen molar-refractivity contribution in [2.75, 3.05) is 5.32 Å². The molecule has 0 aliphatic heterocycles. The van der Waals surface area contributed by atoms with Crippen LogP contribution in [-0.4, -0.2) is 29.3 Å². The summed E-state index contributed by atoms with van der Waals surface area (Å²) in [5, 5.41) is 15.8. The molecule has 162 valence electrons. The van der Waals surface area contributed by atoms with Gasteiger partial charge in [-0.25, -0.2) is 13.9 Å². The lowest BCUT2D eigenvalue weighted by molar-refractivity contribution is 0.256. The predicted octanol–water partition coefficient (Wildman–Crippen LogP) is 2.58. The highest BCUT2D eigenvalue weighted by molar-refractivity contribution is 7.90. The zero-order chi connectivity index (χ0) is 21.6. The first-order chi connectivity index (χ1) is 14.2. The maximum Gasteiger partial charge on any atom is 0.333 e. The highest BCUT2D eigenvalue weighted by Crippen LogP contribution is 2.40. The van der Waals surface area contributed by atoms with Gasteiger partial charge in [-0.2, -0.15) is 13.5 Å². The molecule has 0 fully saturated rings. The van der Waals surface area contributed by atoms with E-state index in [0.29, 0.717) is 48.2 Å². The summed E-state index contributed by atoms with van der Waals surface area (Å²) in [7, 11) is -4.24. The maximum absolute atomic E-state index is 14.8. The van der Waals surface area contributed by atoms with Gasteiger partial charge in [-0.15, -0.1) is 0 Å². The average Bonchev–Trinajstić information content (AvgIpc) is 3.43. The molecule has 0 atom stereocenters. The molecule has 0 bridgehead atoms. The number of sulfonamides is 1. The van der Waals surface area contributed by atoms with Crippen molar-refractivity contribution < 1.29 is 22.7 Å². The first kappa shape index (κ1) is 20.8. The summed E-state index contributed by atoms with van der Waals surface area (Å²) >= 11 is 0. The second-order valence-electron chi connectivity index (χ2n) is 8.04. The number of hydrogen-bond acceptors (Lipinski definition) is 5. The highest BCUT2D eigenvalue weighted by Gasteiger charge is 2.31. The number of carbonyl (C=O) groups excluding carboxylic acids is 1. The fourth-order valence-electron chi connectivity index (χ4n) is 4.46. The number of anilines is 1. The molecule has 4 rings (SSSR count). The van der Waals surface area contributed by atoms with Gasteiger partial charge in [-0.05, 0) is 74.6 Å². The van der Waals surface area contributed by atoms with Crippen molar-refractivity contribution >= 4 is 21.7 Å². The number of amides is 2. The Morgan fingerprint density at radius 2 is 1.73 bits per heavy atom. The number of rotatable bonds is 5. The van der Waals surface area contributed by atoms with E-state index in [2.05, 4.69) is 10.4 Å². The quantitative estimate of drug-likeness (QED) is 0.667. The van der Waals surface area contributed by atoms with Crippen molar-refractivity contribution in [3.63, 3.8) is 0 Å². The average molecular weight is 437 g/mol. The summed E-state index contributed by atoms with van der Waals surface area (Å²) in [6.07, 6.45) is 4.17. The number of carbonyl (C=O) groups is 1. The summed E-state index contributed by atoms with van der Waals surface area (Å²) in [6.45, 7) is 3.23. The molecule has 1 aromatic heterocycles. The van der Waals surface area contributed by atoms with E-state index in [1.807, 2.05) is 4.72 Å². The van der Waals surface area contributed by atoms with Crippen LogP contribution in [0.3, 0.4) is 0 Å². The monoisotopic (exact) mass is 436 g/mol. The second kappa shape index (κ2) is 7.66. The van der Waals surface area contributed by atoms with Gasteiger partial charge >= 0.3 is 6.03 Å². The Labute approximate surface area is 174 Å². The van der Waals surface area contributed by atoms with Gasteiger partial charge < -0.3 is 10.4 Å². The molecule has 2 aromatic rings. The van der Waals surface area contributed by atoms with E-state index in [9.17, 15) is 22.7 Å². The van der Waals surface area contributed by atoms with Crippen LogP contribution in [0.2, 0.25) is 0 Å². The SMILES string of the molecule is CC(C)n1nc(S(=O)(=O)NC(=O)Nc2c3c(c(F)c4c2CCC4)CCC3)cc1CO. The zero-order valence-electron chi connectivity index (χ0n) is 17.0. The van der Waals surface area contributed by atoms with Crippen molar-refractivity contribution in [2.24, 2.45) is 0 Å². The molecule has 2 aliphatic rings. The standard InChI is InChI=1S/C20H25FN4O4S/c1-11(2)25-12(10-26)9-17(23-25)30(28,29)24-20(27)22-19-15-7-3-5-13(15)18(21)14-6-4-8-16(14)19/h9,11,26H,3-8,10H2,1-2H3,(H2,22,24,27). The van der Waals surface area contributed by atoms with Gasteiger partial charge in [0.25, 0.3) is 10.0 Å². The Bertz CT molecular complexity index is 1090. The number of nitrogens with zero attached hydrogens (tertiary/aromatic N) is 2. The number of aliphatic hydroxyl groups is 1. The minimum absolute atomic E-state index is 0.158. The molecular formula is C20H25FN4O4S. The van der Waals surface area contributed by atoms with Gasteiger partial charge in [0.1, 0.15) is 5.82 Å². The van der Waals surface area contributed by atoms with Crippen LogP contribution in [0.1, 0.15) is 60.7 Å². The van der Waals surface area contributed by atoms with Gasteiger partial charge in [0.15, 0.2) is 5.03 Å². The number of hydrogen-bond donors (Lipinski definition) is 3. The van der Waals surface area contributed by atoms with Crippen LogP contribution < -0.4 is 10.0 Å². The van der Waals surface area contributed by atoms with E-state index in [4.69, 9.17) is 0 Å². The third-order valence-corrected chi connectivity index (χ3v) is 6.96. The zero-order valence-corrected chi connectivity index (χ0v) is 17.8. The van der Waals surface area contributed by atoms with E-state index in [-0.39, 0.29) is 23.5 Å². The summed E-state index contributed by atoms with van der Waals surface area (Å²) < 4.78 is 43.5. The normalized spacial score (nSPS) is 15.4. The van der Waals surface area contributed by atoms with Crippen molar-refractivity contribution in [2.45, 2.75) is 70.0 Å². The molecule has 8 nitrogen and oxygen atoms in total. The lowest BCUT2D eigenvalue weighted by atomic mass is 9.98. The summed E-state index contributed by atoms with van der Waals surface area (Å²) in [6, 6.07) is 0.173. The third kappa shape index (κ3) is 3.47. The number of urea groups is 1. The van der Waals surface area contributed by atoms with Crippen LogP contribution in [0.4, 0.5) is 14.9 Å². The van der Waals surface area contributed by atoms with E-state index in [1.165, 1.54) is 10.7 Å². The smallest absolute Gasteiger partial charge is 0.333 e. The third-order valence-electron chi connectivity index (χ3n) is 5.75. The molecule has 1 aromatic carbocycles. The number of fused-ring (bicyclic) bond motifs is 2. The molecule has 0 unspecified atom stereocenters. The second-order valence-corrected chi connectivity index (χ2v) is 9.67. The van der Waals surface area contributed by atoms with Crippen molar-refractivity contribution in [3.8, 4) is 0 Å². The molecule has 30 heavy (non-hydrogen) atoms. The van der Waals surface area contributed by atoms with Gasteiger partial charge in [0.05, 0.1) is 12.3 Å². The number of aliphatic hydroxyl groups excluding tert-OH is 1. The largest absolute Gasteiger partial charge is 0.390 e. The maximum atomic E-state index is 14.8. The summed E-state index contributed by atoms with van der Waals surface area (Å²) in [5.41, 5.74) is 3.70. The molecule has 0 spiro atoms. The van der Waals surface area contributed by atoms with Crippen molar-refractivity contribution in [3.05, 3.63) is 39.8 Å². The number of aromatic nitrogens is 2. The number of nitrogens with one attached hydrogen (secondary N) is 2. The molecule has 0 saturated carbocycles. The van der Waals surface area contributed by atoms with Crippen LogP contribution in [0.15, 0.2) is 11.1 Å². The Balaban J connectivity index is 1.61. The lowest BCUT2D eigenvalue weighted by Gasteiger charge is -2.17. The molecule has 1 heterocycles. The van der Waals surface area contributed by atoms with Crippen LogP contribution in [-0.2, 0) is 42.3 Å². The van der Waals surface area contributed by atoms with Crippen LogP contribution in [0.5, 0.6) is 0 Å². The highest BCUT2D eigenvalue weighted by atomic mass is 32.2. The molecule has 2 amide bonds. The van der Waals surface area contributed by atoms with Gasteiger partial charge in [0, 0.05) is 17.8 Å². The predicted molar refractivity (Wildman–Crippen MR) is 108 cm³/mol. The molecule has 0 radical (unpaired) electrons. The molecule has 2 aliphatic carbocycles. The van der Waals surface area contributed by atoms with Crippen LogP contribution >= 0.6 is 0 Å². The molecular weight excluding hydrogens is 411 g/mol.